The van der Waals surface area contributed by atoms with Gasteiger partial charge in [0.25, 0.3) is 0 Å². The van der Waals surface area contributed by atoms with Gasteiger partial charge in [-0.1, -0.05) is 174 Å². The Morgan fingerprint density at radius 1 is 0.554 bits per heavy atom. The first-order valence-corrected chi connectivity index (χ1v) is 22.8. The molecule has 0 saturated heterocycles. The Hall–Kier alpha value is -6.26. The third-order valence-corrected chi connectivity index (χ3v) is 12.6. The lowest BCUT2D eigenvalue weighted by Crippen LogP contribution is -2.17. The Morgan fingerprint density at radius 2 is 1.20 bits per heavy atom. The highest BCUT2D eigenvalue weighted by Gasteiger charge is 2.29. The molecule has 0 atom stereocenters. The fourth-order valence-electron chi connectivity index (χ4n) is 8.85. The second kappa shape index (κ2) is 16.9. The molecule has 0 radical (unpaired) electrons. The van der Waals surface area contributed by atoms with E-state index in [2.05, 4.69) is 146 Å². The van der Waals surface area contributed by atoms with Gasteiger partial charge in [0.05, 0.1) is 22.3 Å². The lowest BCUT2D eigenvalue weighted by Gasteiger charge is -2.27. The molecule has 0 aliphatic heterocycles. The highest BCUT2D eigenvalue weighted by molar-refractivity contribution is 5.97. The minimum absolute atomic E-state index is 0.180. The third-order valence-electron chi connectivity index (χ3n) is 12.6. The van der Waals surface area contributed by atoms with Crippen molar-refractivity contribution in [3.05, 3.63) is 167 Å². The molecule has 65 heavy (non-hydrogen) atoms. The molecule has 0 spiro atoms. The van der Waals surface area contributed by atoms with Crippen molar-refractivity contribution in [3.63, 3.8) is 0 Å². The zero-order valence-corrected chi connectivity index (χ0v) is 40.5. The van der Waals surface area contributed by atoms with Crippen LogP contribution in [-0.4, -0.2) is 19.6 Å². The van der Waals surface area contributed by atoms with E-state index in [0.717, 1.165) is 89.2 Å². The highest BCUT2D eigenvalue weighted by atomic mass is 16.3. The van der Waals surface area contributed by atoms with Crippen LogP contribution in [0.2, 0.25) is 0 Å². The number of benzene rings is 6. The SMILES string of the molecule is [2H]C([2H])([2H])c1ccc(-c2ccnc(-c3cc(-c4cccc5c4nc(-c4cc(C(C)(C)C)cc(C(C)(C)C)c4O)n5-c4ccc(-c5ccccc5C([2H])(C)C)c(C([2H])(C)C)c4)cc(C(C)(C)C)c3)c2)cc1. The molecule has 2 aromatic heterocycles. The summed E-state index contributed by atoms with van der Waals surface area (Å²) < 4.78 is 44.4. The molecule has 332 valence electrons. The Morgan fingerprint density at radius 3 is 1.86 bits per heavy atom. The number of aromatic hydroxyl groups is 1. The number of nitrogens with zero attached hydrogens (tertiary/aromatic N) is 3. The number of phenolic OH excluding ortho intramolecular Hbond substituents is 1. The summed E-state index contributed by atoms with van der Waals surface area (Å²) in [6.07, 6.45) is 1.80. The van der Waals surface area contributed by atoms with Crippen molar-refractivity contribution in [2.24, 2.45) is 0 Å². The molecule has 0 unspecified atom stereocenters. The number of rotatable bonds is 8. The number of pyridine rings is 1. The molecule has 8 aromatic rings. The molecule has 6 aromatic carbocycles. The van der Waals surface area contributed by atoms with Gasteiger partial charge in [0.1, 0.15) is 11.6 Å². The molecular formula is C61H67N3O. The van der Waals surface area contributed by atoms with Gasteiger partial charge in [-0.2, -0.15) is 0 Å². The Labute approximate surface area is 395 Å². The Kier molecular flexibility index (Phi) is 10.2. The van der Waals surface area contributed by atoms with E-state index in [1.54, 1.807) is 18.3 Å². The molecule has 4 heteroatoms. The van der Waals surface area contributed by atoms with E-state index in [4.69, 9.17) is 15.5 Å². The molecule has 2 heterocycles. The van der Waals surface area contributed by atoms with Crippen molar-refractivity contribution >= 4 is 11.0 Å². The summed E-state index contributed by atoms with van der Waals surface area (Å²) in [6, 6.07) is 42.4. The van der Waals surface area contributed by atoms with Gasteiger partial charge >= 0.3 is 0 Å². The Balaban J connectivity index is 1.42. The fraction of sp³-hybridized carbons (Fsp3) is 0.311. The monoisotopic (exact) mass is 863 g/mol. The van der Waals surface area contributed by atoms with Gasteiger partial charge in [0, 0.05) is 35.4 Å². The molecule has 4 nitrogen and oxygen atoms in total. The molecule has 0 saturated carbocycles. The number of hydrogen-bond acceptors (Lipinski definition) is 3. The van der Waals surface area contributed by atoms with Crippen LogP contribution in [0.5, 0.6) is 5.75 Å². The van der Waals surface area contributed by atoms with Gasteiger partial charge in [0.2, 0.25) is 0 Å². The van der Waals surface area contributed by atoms with Crippen LogP contribution in [0, 0.1) is 6.85 Å². The minimum Gasteiger partial charge on any atom is -0.507 e. The first kappa shape index (κ1) is 39.1. The quantitative estimate of drug-likeness (QED) is 0.166. The van der Waals surface area contributed by atoms with Gasteiger partial charge in [-0.3, -0.25) is 9.55 Å². The van der Waals surface area contributed by atoms with Crippen LogP contribution in [0.4, 0.5) is 0 Å². The van der Waals surface area contributed by atoms with E-state index < -0.39 is 18.6 Å². The summed E-state index contributed by atoms with van der Waals surface area (Å²) in [5.41, 5.74) is 14.4. The largest absolute Gasteiger partial charge is 0.507 e. The summed E-state index contributed by atoms with van der Waals surface area (Å²) in [5.74, 6) is -1.15. The van der Waals surface area contributed by atoms with Crippen LogP contribution in [0.3, 0.4) is 0 Å². The third kappa shape index (κ3) is 8.93. The summed E-state index contributed by atoms with van der Waals surface area (Å²) in [5, 5.41) is 12.5. The maximum absolute atomic E-state index is 12.5. The van der Waals surface area contributed by atoms with Crippen molar-refractivity contribution < 1.29 is 12.0 Å². The molecule has 0 aliphatic rings. The maximum atomic E-state index is 12.5. The van der Waals surface area contributed by atoms with Crippen molar-refractivity contribution in [2.75, 3.05) is 0 Å². The van der Waals surface area contributed by atoms with E-state index in [0.29, 0.717) is 17.0 Å². The van der Waals surface area contributed by atoms with Crippen LogP contribution in [0.15, 0.2) is 134 Å². The molecule has 8 rings (SSSR count). The van der Waals surface area contributed by atoms with Crippen molar-refractivity contribution in [1.29, 1.82) is 0 Å². The summed E-state index contributed by atoms with van der Waals surface area (Å²) >= 11 is 0. The first-order valence-electron chi connectivity index (χ1n) is 25.3. The summed E-state index contributed by atoms with van der Waals surface area (Å²) in [6.45, 7) is 25.0. The van der Waals surface area contributed by atoms with Gasteiger partial charge in [-0.25, -0.2) is 4.98 Å². The first-order chi connectivity index (χ1) is 32.4. The van der Waals surface area contributed by atoms with E-state index in [1.807, 2.05) is 64.1 Å². The molecular weight excluding hydrogens is 791 g/mol. The molecule has 0 aliphatic carbocycles. The lowest BCUT2D eigenvalue weighted by atomic mass is 9.79. The lowest BCUT2D eigenvalue weighted by molar-refractivity contribution is 0.446. The number of para-hydroxylation sites is 1. The van der Waals surface area contributed by atoms with E-state index in [9.17, 15) is 6.48 Å². The normalized spacial score (nSPS) is 14.1. The maximum Gasteiger partial charge on any atom is 0.149 e. The number of imidazole rings is 1. The zero-order chi connectivity index (χ0) is 51.1. The summed E-state index contributed by atoms with van der Waals surface area (Å²) in [7, 11) is 0. The second-order valence-corrected chi connectivity index (χ2v) is 21.2. The highest BCUT2D eigenvalue weighted by Crippen LogP contribution is 2.46. The predicted octanol–water partition coefficient (Wildman–Crippen LogP) is 16.9. The van der Waals surface area contributed by atoms with Crippen molar-refractivity contribution in [1.82, 2.24) is 14.5 Å². The fourth-order valence-corrected chi connectivity index (χ4v) is 8.85. The smallest absolute Gasteiger partial charge is 0.149 e. The van der Waals surface area contributed by atoms with Gasteiger partial charge in [0.15, 0.2) is 0 Å². The van der Waals surface area contributed by atoms with Crippen molar-refractivity contribution in [2.45, 2.75) is 125 Å². The van der Waals surface area contributed by atoms with Crippen LogP contribution in [0.1, 0.15) is 142 Å². The minimum atomic E-state index is -2.18. The second-order valence-electron chi connectivity index (χ2n) is 21.2. The molecule has 0 fully saturated rings. The van der Waals surface area contributed by atoms with Gasteiger partial charge < -0.3 is 5.11 Å². The van der Waals surface area contributed by atoms with Crippen LogP contribution >= 0.6 is 0 Å². The number of hydrogen-bond donors (Lipinski definition) is 1. The zero-order valence-electron chi connectivity index (χ0n) is 45.5. The number of fused-ring (bicyclic) bond motifs is 1. The average Bonchev–Trinajstić information content (AvgIpc) is 3.66. The van der Waals surface area contributed by atoms with Gasteiger partial charge in [-0.15, -0.1) is 0 Å². The molecule has 0 bridgehead atoms. The predicted molar refractivity (Wildman–Crippen MR) is 277 cm³/mol. The van der Waals surface area contributed by atoms with E-state index >= 15 is 0 Å². The summed E-state index contributed by atoms with van der Waals surface area (Å²) in [4.78, 5) is 10.5. The van der Waals surface area contributed by atoms with E-state index in [1.165, 1.54) is 0 Å². The molecule has 1 N–H and O–H groups in total. The van der Waals surface area contributed by atoms with Crippen molar-refractivity contribution in [3.8, 4) is 67.5 Å². The Bertz CT molecular complexity index is 3270. The van der Waals surface area contributed by atoms with Crippen LogP contribution in [0.25, 0.3) is 72.7 Å². The topological polar surface area (TPSA) is 50.9 Å². The number of aromatic nitrogens is 3. The molecule has 0 amide bonds. The van der Waals surface area contributed by atoms with Gasteiger partial charge in [-0.05, 0) is 133 Å². The van der Waals surface area contributed by atoms with Crippen LogP contribution < -0.4 is 0 Å². The number of aryl methyl sites for hydroxylation is 1. The van der Waals surface area contributed by atoms with E-state index in [-0.39, 0.29) is 22.0 Å². The standard InChI is InChI=1S/C61H67N3O/c1-37(2)47-18-15-16-19-49(47)50-27-26-46(36-51(50)38(3)4)64-55-21-17-20-48(56(55)63-58(64)52-34-45(60(9,10)11)35-53(57(52)65)61(12,13)14)42-30-43(32-44(31-42)59(6,7)8)54-33-41(28-29-62-54)40-24-22-39(5)23-25-40/h15-38,65H,1-14H3/i5D3,37D,38D. The average molecular weight is 863 g/mol. The number of phenols is 1. The van der Waals surface area contributed by atoms with Crippen LogP contribution in [-0.2, 0) is 16.2 Å².